The van der Waals surface area contributed by atoms with E-state index in [9.17, 15) is 0 Å². The van der Waals surface area contributed by atoms with Gasteiger partial charge in [0.25, 0.3) is 0 Å². The van der Waals surface area contributed by atoms with Crippen LogP contribution in [-0.2, 0) is 4.43 Å². The predicted molar refractivity (Wildman–Crippen MR) is 49.5 cm³/mol. The molecule has 0 atom stereocenters. The molecule has 0 bridgehead atoms. The Hall–Kier alpha value is -0.410. The van der Waals surface area contributed by atoms with Crippen LogP contribution < -0.4 is 0 Å². The van der Waals surface area contributed by atoms with E-state index in [1.807, 2.05) is 6.07 Å². The SMILES string of the molecule is N#Cc1c(Cl)ncnc1CI. The predicted octanol–water partition coefficient (Wildman–Crippen LogP) is 1.94. The summed E-state index contributed by atoms with van der Waals surface area (Å²) in [5.74, 6) is 0. The van der Waals surface area contributed by atoms with Crippen molar-refractivity contribution in [2.45, 2.75) is 4.43 Å². The number of hydrogen-bond donors (Lipinski definition) is 0. The molecular formula is C6H3ClIN3. The van der Waals surface area contributed by atoms with Crippen LogP contribution in [0.5, 0.6) is 0 Å². The molecule has 11 heavy (non-hydrogen) atoms. The molecule has 1 rings (SSSR count). The molecule has 0 spiro atoms. The zero-order valence-electron chi connectivity index (χ0n) is 5.38. The molecule has 0 N–H and O–H groups in total. The van der Waals surface area contributed by atoms with Crippen LogP contribution in [0.2, 0.25) is 5.15 Å². The number of rotatable bonds is 1. The molecule has 0 unspecified atom stereocenters. The van der Waals surface area contributed by atoms with E-state index in [-0.39, 0.29) is 5.15 Å². The molecule has 56 valence electrons. The average molecular weight is 279 g/mol. The fourth-order valence-corrected chi connectivity index (χ4v) is 1.38. The Balaban J connectivity index is 3.27. The fraction of sp³-hybridized carbons (Fsp3) is 0.167. The lowest BCUT2D eigenvalue weighted by Crippen LogP contribution is -1.93. The maximum atomic E-state index is 8.61. The van der Waals surface area contributed by atoms with Gasteiger partial charge in [0.1, 0.15) is 18.0 Å². The third-order valence-electron chi connectivity index (χ3n) is 1.12. The Labute approximate surface area is 82.6 Å². The van der Waals surface area contributed by atoms with Gasteiger partial charge in [-0.05, 0) is 0 Å². The smallest absolute Gasteiger partial charge is 0.150 e. The summed E-state index contributed by atoms with van der Waals surface area (Å²) in [5.41, 5.74) is 1.07. The quantitative estimate of drug-likeness (QED) is 0.448. The molecule has 0 fully saturated rings. The number of nitrogens with zero attached hydrogens (tertiary/aromatic N) is 3. The molecule has 1 heterocycles. The van der Waals surface area contributed by atoms with Gasteiger partial charge >= 0.3 is 0 Å². The van der Waals surface area contributed by atoms with E-state index in [1.54, 1.807) is 0 Å². The van der Waals surface area contributed by atoms with Crippen molar-refractivity contribution in [1.82, 2.24) is 9.97 Å². The second-order valence-electron chi connectivity index (χ2n) is 1.73. The highest BCUT2D eigenvalue weighted by Gasteiger charge is 2.06. The van der Waals surface area contributed by atoms with E-state index in [2.05, 4.69) is 32.6 Å². The van der Waals surface area contributed by atoms with Gasteiger partial charge in [0, 0.05) is 4.43 Å². The van der Waals surface area contributed by atoms with Crippen molar-refractivity contribution in [3.05, 3.63) is 22.7 Å². The van der Waals surface area contributed by atoms with E-state index in [0.717, 1.165) is 0 Å². The molecule has 0 radical (unpaired) electrons. The van der Waals surface area contributed by atoms with Crippen molar-refractivity contribution in [3.8, 4) is 6.07 Å². The molecule has 0 aromatic carbocycles. The summed E-state index contributed by atoms with van der Waals surface area (Å²) in [5, 5.41) is 8.84. The molecule has 0 aliphatic heterocycles. The first-order valence-corrected chi connectivity index (χ1v) is 4.65. The Morgan fingerprint density at radius 3 is 2.82 bits per heavy atom. The van der Waals surface area contributed by atoms with Crippen LogP contribution in [-0.4, -0.2) is 9.97 Å². The molecule has 0 saturated carbocycles. The van der Waals surface area contributed by atoms with Crippen LogP contribution in [0.1, 0.15) is 11.3 Å². The Morgan fingerprint density at radius 1 is 1.64 bits per heavy atom. The van der Waals surface area contributed by atoms with Gasteiger partial charge in [-0.2, -0.15) is 5.26 Å². The van der Waals surface area contributed by atoms with Gasteiger partial charge in [0.2, 0.25) is 0 Å². The Kier molecular flexibility index (Phi) is 3.02. The summed E-state index contributed by atoms with van der Waals surface area (Å²) < 4.78 is 0.670. The summed E-state index contributed by atoms with van der Waals surface area (Å²) in [6, 6.07) is 1.95. The molecule has 0 aliphatic rings. The van der Waals surface area contributed by atoms with Crippen molar-refractivity contribution in [2.75, 3.05) is 0 Å². The lowest BCUT2D eigenvalue weighted by atomic mass is 10.3. The van der Waals surface area contributed by atoms with Crippen LogP contribution in [0.25, 0.3) is 0 Å². The van der Waals surface area contributed by atoms with Crippen molar-refractivity contribution in [3.63, 3.8) is 0 Å². The zero-order chi connectivity index (χ0) is 8.27. The zero-order valence-corrected chi connectivity index (χ0v) is 8.30. The molecular weight excluding hydrogens is 276 g/mol. The molecule has 5 heteroatoms. The maximum Gasteiger partial charge on any atom is 0.150 e. The van der Waals surface area contributed by atoms with Crippen LogP contribution in [0.3, 0.4) is 0 Å². The van der Waals surface area contributed by atoms with E-state index >= 15 is 0 Å². The second-order valence-corrected chi connectivity index (χ2v) is 2.85. The summed E-state index contributed by atoms with van der Waals surface area (Å²) in [7, 11) is 0. The van der Waals surface area contributed by atoms with Crippen LogP contribution in [0.4, 0.5) is 0 Å². The highest BCUT2D eigenvalue weighted by Crippen LogP contribution is 2.15. The first-order chi connectivity index (χ1) is 5.29. The van der Waals surface area contributed by atoms with Crippen molar-refractivity contribution in [2.24, 2.45) is 0 Å². The number of nitriles is 1. The van der Waals surface area contributed by atoms with Crippen molar-refractivity contribution in [1.29, 1.82) is 5.26 Å². The van der Waals surface area contributed by atoms with E-state index in [1.165, 1.54) is 6.33 Å². The van der Waals surface area contributed by atoms with E-state index in [0.29, 0.717) is 15.7 Å². The topological polar surface area (TPSA) is 49.6 Å². The van der Waals surface area contributed by atoms with Gasteiger partial charge in [-0.1, -0.05) is 34.2 Å². The number of aromatic nitrogens is 2. The van der Waals surface area contributed by atoms with Gasteiger partial charge in [-0.3, -0.25) is 0 Å². The average Bonchev–Trinajstić information content (AvgIpc) is 2.04. The van der Waals surface area contributed by atoms with Crippen molar-refractivity contribution >= 4 is 34.2 Å². The third-order valence-corrected chi connectivity index (χ3v) is 2.13. The van der Waals surface area contributed by atoms with Gasteiger partial charge in [0.05, 0.1) is 5.69 Å². The summed E-state index contributed by atoms with van der Waals surface area (Å²) >= 11 is 7.75. The standard InChI is InChI=1S/C6H3ClIN3/c7-6-4(2-9)5(1-8)10-3-11-6/h3H,1H2. The number of halogens is 2. The minimum Gasteiger partial charge on any atom is -0.239 e. The Morgan fingerprint density at radius 2 is 2.36 bits per heavy atom. The fourth-order valence-electron chi connectivity index (χ4n) is 0.609. The van der Waals surface area contributed by atoms with E-state index < -0.39 is 0 Å². The first-order valence-electron chi connectivity index (χ1n) is 2.75. The van der Waals surface area contributed by atoms with Gasteiger partial charge in [0.15, 0.2) is 5.15 Å². The Bertz CT molecular complexity index is 307. The molecule has 0 saturated heterocycles. The van der Waals surface area contributed by atoms with E-state index in [4.69, 9.17) is 16.9 Å². The maximum absolute atomic E-state index is 8.61. The van der Waals surface area contributed by atoms with Crippen LogP contribution >= 0.6 is 34.2 Å². The van der Waals surface area contributed by atoms with Crippen molar-refractivity contribution < 1.29 is 0 Å². The van der Waals surface area contributed by atoms with Gasteiger partial charge in [-0.25, -0.2) is 9.97 Å². The molecule has 0 aliphatic carbocycles. The second kappa shape index (κ2) is 3.83. The minimum absolute atomic E-state index is 0.231. The number of hydrogen-bond acceptors (Lipinski definition) is 3. The highest BCUT2D eigenvalue weighted by atomic mass is 127. The summed E-state index contributed by atoms with van der Waals surface area (Å²) in [6.45, 7) is 0. The molecule has 3 nitrogen and oxygen atoms in total. The lowest BCUT2D eigenvalue weighted by Gasteiger charge is -1.97. The van der Waals surface area contributed by atoms with Gasteiger partial charge in [-0.15, -0.1) is 0 Å². The largest absolute Gasteiger partial charge is 0.239 e. The summed E-state index contributed by atoms with van der Waals surface area (Å²) in [4.78, 5) is 7.59. The molecule has 1 aromatic rings. The summed E-state index contributed by atoms with van der Waals surface area (Å²) in [6.07, 6.45) is 1.36. The monoisotopic (exact) mass is 279 g/mol. The van der Waals surface area contributed by atoms with Crippen LogP contribution in [0, 0.1) is 11.3 Å². The number of alkyl halides is 1. The van der Waals surface area contributed by atoms with Gasteiger partial charge < -0.3 is 0 Å². The molecule has 1 aromatic heterocycles. The molecule has 0 amide bonds. The normalized spacial score (nSPS) is 9.18. The minimum atomic E-state index is 0.231. The third kappa shape index (κ3) is 1.79. The highest BCUT2D eigenvalue weighted by molar-refractivity contribution is 14.1. The lowest BCUT2D eigenvalue weighted by molar-refractivity contribution is 1.08. The van der Waals surface area contributed by atoms with Crippen LogP contribution in [0.15, 0.2) is 6.33 Å². The first kappa shape index (κ1) is 8.68.